The Balaban J connectivity index is 2.05. The number of ether oxygens (including phenoxy) is 1. The van der Waals surface area contributed by atoms with Crippen LogP contribution in [0.2, 0.25) is 0 Å². The van der Waals surface area contributed by atoms with Crippen molar-refractivity contribution < 1.29 is 4.74 Å². The molecule has 96 valence electrons. The van der Waals surface area contributed by atoms with Crippen molar-refractivity contribution in [3.63, 3.8) is 0 Å². The molecule has 1 aromatic rings. The molecule has 0 aliphatic rings. The van der Waals surface area contributed by atoms with E-state index in [2.05, 4.69) is 24.4 Å². The van der Waals surface area contributed by atoms with Crippen LogP contribution < -0.4 is 10.1 Å². The van der Waals surface area contributed by atoms with Gasteiger partial charge in [-0.3, -0.25) is 0 Å². The van der Waals surface area contributed by atoms with Crippen LogP contribution in [0.25, 0.3) is 0 Å². The van der Waals surface area contributed by atoms with Crippen molar-refractivity contribution in [2.24, 2.45) is 0 Å². The minimum Gasteiger partial charge on any atom is -0.497 e. The molecule has 0 aliphatic carbocycles. The Morgan fingerprint density at radius 2 is 1.71 bits per heavy atom. The summed E-state index contributed by atoms with van der Waals surface area (Å²) in [4.78, 5) is 0. The molecule has 1 N–H and O–H groups in total. The molecule has 0 radical (unpaired) electrons. The van der Waals surface area contributed by atoms with Crippen LogP contribution in [0, 0.1) is 0 Å². The van der Waals surface area contributed by atoms with Gasteiger partial charge in [0.25, 0.3) is 0 Å². The summed E-state index contributed by atoms with van der Waals surface area (Å²) in [5.41, 5.74) is 1.32. The monoisotopic (exact) mass is 235 g/mol. The molecular formula is C15H25NO. The first kappa shape index (κ1) is 14.0. The largest absolute Gasteiger partial charge is 0.497 e. The molecule has 0 bridgehead atoms. The number of hydrogen-bond donors (Lipinski definition) is 1. The van der Waals surface area contributed by atoms with Crippen molar-refractivity contribution >= 4 is 0 Å². The third-order valence-corrected chi connectivity index (χ3v) is 2.95. The Morgan fingerprint density at radius 1 is 1.00 bits per heavy atom. The quantitative estimate of drug-likeness (QED) is 0.658. The van der Waals surface area contributed by atoms with Gasteiger partial charge in [0.2, 0.25) is 0 Å². The first-order chi connectivity index (χ1) is 8.36. The zero-order valence-electron chi connectivity index (χ0n) is 11.2. The average molecular weight is 235 g/mol. The van der Waals surface area contributed by atoms with Crippen LogP contribution in [0.4, 0.5) is 0 Å². The van der Waals surface area contributed by atoms with E-state index in [1.54, 1.807) is 7.11 Å². The van der Waals surface area contributed by atoms with E-state index in [1.165, 1.54) is 37.7 Å². The molecule has 1 rings (SSSR count). The number of methoxy groups -OCH3 is 1. The molecule has 0 fully saturated rings. The second-order valence-corrected chi connectivity index (χ2v) is 4.44. The topological polar surface area (TPSA) is 21.3 Å². The molecule has 0 spiro atoms. The van der Waals surface area contributed by atoms with E-state index in [4.69, 9.17) is 4.74 Å². The molecule has 0 amide bonds. The second kappa shape index (κ2) is 9.06. The van der Waals surface area contributed by atoms with E-state index in [0.29, 0.717) is 0 Å². The maximum absolute atomic E-state index is 5.13. The van der Waals surface area contributed by atoms with Crippen LogP contribution in [0.5, 0.6) is 5.75 Å². The van der Waals surface area contributed by atoms with Crippen LogP contribution in [0.15, 0.2) is 24.3 Å². The first-order valence-electron chi connectivity index (χ1n) is 6.70. The summed E-state index contributed by atoms with van der Waals surface area (Å²) < 4.78 is 5.13. The molecule has 0 saturated carbocycles. The summed E-state index contributed by atoms with van der Waals surface area (Å²) in [6.07, 6.45) is 6.71. The molecule has 2 nitrogen and oxygen atoms in total. The molecule has 0 saturated heterocycles. The van der Waals surface area contributed by atoms with E-state index >= 15 is 0 Å². The second-order valence-electron chi connectivity index (χ2n) is 4.44. The summed E-state index contributed by atoms with van der Waals surface area (Å²) in [5, 5.41) is 3.48. The SMILES string of the molecule is CCCCCCCNCc1ccc(OC)cc1. The predicted octanol–water partition coefficient (Wildman–Crippen LogP) is 3.76. The van der Waals surface area contributed by atoms with Gasteiger partial charge in [-0.05, 0) is 30.7 Å². The predicted molar refractivity (Wildman–Crippen MR) is 73.5 cm³/mol. The zero-order valence-corrected chi connectivity index (χ0v) is 11.2. The lowest BCUT2D eigenvalue weighted by Crippen LogP contribution is -2.14. The first-order valence-corrected chi connectivity index (χ1v) is 6.70. The van der Waals surface area contributed by atoms with Crippen molar-refractivity contribution in [3.05, 3.63) is 29.8 Å². The van der Waals surface area contributed by atoms with Crippen molar-refractivity contribution in [3.8, 4) is 5.75 Å². The number of hydrogen-bond acceptors (Lipinski definition) is 2. The Labute approximate surface area is 105 Å². The van der Waals surface area contributed by atoms with Crippen LogP contribution in [0.1, 0.15) is 44.6 Å². The Kier molecular flexibility index (Phi) is 7.48. The van der Waals surface area contributed by atoms with E-state index in [-0.39, 0.29) is 0 Å². The van der Waals surface area contributed by atoms with Gasteiger partial charge >= 0.3 is 0 Å². The number of rotatable bonds is 9. The van der Waals surface area contributed by atoms with Gasteiger partial charge in [-0.2, -0.15) is 0 Å². The smallest absolute Gasteiger partial charge is 0.118 e. The lowest BCUT2D eigenvalue weighted by Gasteiger charge is -2.06. The fraction of sp³-hybridized carbons (Fsp3) is 0.600. The highest BCUT2D eigenvalue weighted by Crippen LogP contribution is 2.10. The van der Waals surface area contributed by atoms with Crippen LogP contribution in [-0.4, -0.2) is 13.7 Å². The fourth-order valence-electron chi connectivity index (χ4n) is 1.83. The van der Waals surface area contributed by atoms with Gasteiger partial charge in [-0.1, -0.05) is 44.7 Å². The molecule has 0 heterocycles. The minimum atomic E-state index is 0.924. The van der Waals surface area contributed by atoms with Crippen LogP contribution in [-0.2, 0) is 6.54 Å². The van der Waals surface area contributed by atoms with Gasteiger partial charge in [0, 0.05) is 6.54 Å². The number of nitrogens with one attached hydrogen (secondary N) is 1. The van der Waals surface area contributed by atoms with Crippen LogP contribution >= 0.6 is 0 Å². The average Bonchev–Trinajstić information content (AvgIpc) is 2.38. The highest BCUT2D eigenvalue weighted by Gasteiger charge is 1.94. The fourth-order valence-corrected chi connectivity index (χ4v) is 1.83. The van der Waals surface area contributed by atoms with E-state index in [1.807, 2.05) is 12.1 Å². The molecule has 1 aromatic carbocycles. The number of unbranched alkanes of at least 4 members (excludes halogenated alkanes) is 4. The lowest BCUT2D eigenvalue weighted by atomic mass is 10.1. The summed E-state index contributed by atoms with van der Waals surface area (Å²) in [5.74, 6) is 0.924. The molecule has 0 aromatic heterocycles. The summed E-state index contributed by atoms with van der Waals surface area (Å²) >= 11 is 0. The van der Waals surface area contributed by atoms with Gasteiger partial charge in [0.1, 0.15) is 5.75 Å². The van der Waals surface area contributed by atoms with Crippen molar-refractivity contribution in [1.82, 2.24) is 5.32 Å². The Bertz CT molecular complexity index is 281. The maximum atomic E-state index is 5.13. The molecule has 2 heteroatoms. The molecule has 0 atom stereocenters. The molecule has 0 unspecified atom stereocenters. The molecular weight excluding hydrogens is 210 g/mol. The molecule has 17 heavy (non-hydrogen) atoms. The van der Waals surface area contributed by atoms with E-state index < -0.39 is 0 Å². The number of benzene rings is 1. The third-order valence-electron chi connectivity index (χ3n) is 2.95. The van der Waals surface area contributed by atoms with Crippen molar-refractivity contribution in [2.75, 3.05) is 13.7 Å². The molecule has 0 aliphatic heterocycles. The third kappa shape index (κ3) is 6.32. The van der Waals surface area contributed by atoms with Crippen LogP contribution in [0.3, 0.4) is 0 Å². The maximum Gasteiger partial charge on any atom is 0.118 e. The standard InChI is InChI=1S/C15H25NO/c1-3-4-5-6-7-12-16-13-14-8-10-15(17-2)11-9-14/h8-11,16H,3-7,12-13H2,1-2H3. The zero-order chi connectivity index (χ0) is 12.3. The lowest BCUT2D eigenvalue weighted by molar-refractivity contribution is 0.414. The van der Waals surface area contributed by atoms with Crippen molar-refractivity contribution in [2.45, 2.75) is 45.6 Å². The summed E-state index contributed by atoms with van der Waals surface area (Å²) in [7, 11) is 1.70. The van der Waals surface area contributed by atoms with Gasteiger partial charge in [-0.25, -0.2) is 0 Å². The van der Waals surface area contributed by atoms with E-state index in [9.17, 15) is 0 Å². The highest BCUT2D eigenvalue weighted by atomic mass is 16.5. The van der Waals surface area contributed by atoms with Gasteiger partial charge < -0.3 is 10.1 Å². The van der Waals surface area contributed by atoms with Crippen molar-refractivity contribution in [1.29, 1.82) is 0 Å². The summed E-state index contributed by atoms with van der Waals surface area (Å²) in [6.45, 7) is 4.33. The Morgan fingerprint density at radius 3 is 2.35 bits per heavy atom. The van der Waals surface area contributed by atoms with E-state index in [0.717, 1.165) is 18.8 Å². The summed E-state index contributed by atoms with van der Waals surface area (Å²) in [6, 6.07) is 8.25. The van der Waals surface area contributed by atoms with Gasteiger partial charge in [0.05, 0.1) is 7.11 Å². The Hall–Kier alpha value is -1.02. The minimum absolute atomic E-state index is 0.924. The van der Waals surface area contributed by atoms with Gasteiger partial charge in [-0.15, -0.1) is 0 Å². The van der Waals surface area contributed by atoms with Gasteiger partial charge in [0.15, 0.2) is 0 Å². The highest BCUT2D eigenvalue weighted by molar-refractivity contribution is 5.26. The normalized spacial score (nSPS) is 10.5.